The van der Waals surface area contributed by atoms with Crippen molar-refractivity contribution in [2.75, 3.05) is 36.4 Å². The van der Waals surface area contributed by atoms with Crippen molar-refractivity contribution in [2.45, 2.75) is 94.7 Å². The summed E-state index contributed by atoms with van der Waals surface area (Å²) in [7, 11) is -3.70. The van der Waals surface area contributed by atoms with E-state index < -0.39 is 10.0 Å². The monoisotopic (exact) mass is 652 g/mol. The van der Waals surface area contributed by atoms with Crippen LogP contribution < -0.4 is 19.7 Å². The summed E-state index contributed by atoms with van der Waals surface area (Å²) < 4.78 is 35.4. The molecule has 3 aliphatic rings. The average Bonchev–Trinajstić information content (AvgIpc) is 3.02. The Morgan fingerprint density at radius 2 is 1.73 bits per heavy atom. The predicted octanol–water partition coefficient (Wildman–Crippen LogP) is 6.54. The third kappa shape index (κ3) is 7.91. The van der Waals surface area contributed by atoms with Crippen LogP contribution in [-0.2, 0) is 16.4 Å². The fraction of sp³-hybridized carbons (Fsp3) is 0.529. The van der Waals surface area contributed by atoms with E-state index in [1.807, 2.05) is 13.8 Å². The molecule has 6 rings (SSSR count). The number of anilines is 3. The number of ether oxygens (including phenoxy) is 1. The standard InChI is InChI=1S/C34H45ClN6O3S/c1-24(2)44-31-22-28(41-19-15-27(16-20-41)40-17-6-3-7-18-40)14-13-25(31)21-33-36-23-29(35)34(38-33)37-30-11-4-5-12-32(30)45(42,43)39-26-9-8-10-26/h4-5,11-14,22-24,26-27,39H,3,6-10,15-21H2,1-2H3,(H,36,37,38). The second-order valence-corrected chi connectivity index (χ2v) is 14.9. The number of likely N-dealkylation sites (tertiary alicyclic amines) is 1. The number of rotatable bonds is 11. The lowest BCUT2D eigenvalue weighted by atomic mass is 9.94. The highest BCUT2D eigenvalue weighted by Crippen LogP contribution is 2.33. The molecule has 2 aliphatic heterocycles. The van der Waals surface area contributed by atoms with Crippen molar-refractivity contribution in [1.82, 2.24) is 19.6 Å². The zero-order chi connectivity index (χ0) is 31.4. The Kier molecular flexibility index (Phi) is 10.1. The predicted molar refractivity (Wildman–Crippen MR) is 180 cm³/mol. The van der Waals surface area contributed by atoms with Crippen LogP contribution in [0.15, 0.2) is 53.6 Å². The molecule has 1 aromatic heterocycles. The first-order valence-corrected chi connectivity index (χ1v) is 18.3. The maximum Gasteiger partial charge on any atom is 0.242 e. The molecule has 0 atom stereocenters. The number of hydrogen-bond donors (Lipinski definition) is 2. The number of hydrogen-bond acceptors (Lipinski definition) is 8. The molecule has 0 unspecified atom stereocenters. The maximum absolute atomic E-state index is 13.2. The lowest BCUT2D eigenvalue weighted by Crippen LogP contribution is -2.46. The van der Waals surface area contributed by atoms with Gasteiger partial charge in [-0.05, 0) is 83.7 Å². The fourth-order valence-electron chi connectivity index (χ4n) is 6.51. The van der Waals surface area contributed by atoms with Gasteiger partial charge in [-0.15, -0.1) is 0 Å². The number of halogens is 1. The van der Waals surface area contributed by atoms with Gasteiger partial charge in [-0.25, -0.2) is 23.1 Å². The number of aromatic nitrogens is 2. The number of nitrogens with one attached hydrogen (secondary N) is 2. The summed E-state index contributed by atoms with van der Waals surface area (Å²) in [5.41, 5.74) is 2.57. The van der Waals surface area contributed by atoms with E-state index in [-0.39, 0.29) is 17.0 Å². The average molecular weight is 653 g/mol. The maximum atomic E-state index is 13.2. The van der Waals surface area contributed by atoms with Gasteiger partial charge in [0.25, 0.3) is 0 Å². The minimum absolute atomic E-state index is 0.0131. The first-order chi connectivity index (χ1) is 21.7. The molecule has 0 bridgehead atoms. The van der Waals surface area contributed by atoms with E-state index in [2.05, 4.69) is 43.0 Å². The highest BCUT2D eigenvalue weighted by atomic mass is 35.5. The molecule has 3 aromatic rings. The number of sulfonamides is 1. The smallest absolute Gasteiger partial charge is 0.242 e. The molecule has 1 aliphatic carbocycles. The van der Waals surface area contributed by atoms with Gasteiger partial charge in [0, 0.05) is 48.9 Å². The van der Waals surface area contributed by atoms with Crippen molar-refractivity contribution in [3.63, 3.8) is 0 Å². The van der Waals surface area contributed by atoms with E-state index in [4.69, 9.17) is 21.3 Å². The lowest BCUT2D eigenvalue weighted by molar-refractivity contribution is 0.141. The fourth-order valence-corrected chi connectivity index (χ4v) is 8.12. The van der Waals surface area contributed by atoms with Crippen molar-refractivity contribution < 1.29 is 13.2 Å². The van der Waals surface area contributed by atoms with Gasteiger partial charge in [0.2, 0.25) is 10.0 Å². The van der Waals surface area contributed by atoms with Gasteiger partial charge < -0.3 is 19.9 Å². The zero-order valence-corrected chi connectivity index (χ0v) is 27.9. The minimum atomic E-state index is -3.70. The van der Waals surface area contributed by atoms with Crippen LogP contribution in [0.3, 0.4) is 0 Å². The number of piperidine rings is 2. The van der Waals surface area contributed by atoms with Crippen LogP contribution in [0.4, 0.5) is 17.2 Å². The molecule has 2 aromatic carbocycles. The summed E-state index contributed by atoms with van der Waals surface area (Å²) in [5.74, 6) is 1.73. The molecule has 0 spiro atoms. The van der Waals surface area contributed by atoms with E-state index in [9.17, 15) is 8.42 Å². The van der Waals surface area contributed by atoms with Gasteiger partial charge >= 0.3 is 0 Å². The molecule has 1 saturated carbocycles. The largest absolute Gasteiger partial charge is 0.491 e. The van der Waals surface area contributed by atoms with Gasteiger partial charge in [-0.1, -0.05) is 42.6 Å². The number of benzene rings is 2. The minimum Gasteiger partial charge on any atom is -0.491 e. The third-order valence-electron chi connectivity index (χ3n) is 9.15. The van der Waals surface area contributed by atoms with Gasteiger partial charge in [-0.3, -0.25) is 0 Å². The molecule has 0 amide bonds. The lowest BCUT2D eigenvalue weighted by Gasteiger charge is -2.41. The Hall–Kier alpha value is -2.92. The van der Waals surface area contributed by atoms with Gasteiger partial charge in [0.1, 0.15) is 21.5 Å². The summed E-state index contributed by atoms with van der Waals surface area (Å²) >= 11 is 6.51. The Labute approximate surface area is 272 Å². The SMILES string of the molecule is CC(C)Oc1cc(N2CCC(N3CCCCC3)CC2)ccc1Cc1ncc(Cl)c(Nc2ccccc2S(=O)(=O)NC2CCC2)n1. The summed E-state index contributed by atoms with van der Waals surface area (Å²) in [4.78, 5) is 14.6. The highest BCUT2D eigenvalue weighted by Gasteiger charge is 2.28. The third-order valence-corrected chi connectivity index (χ3v) is 11.0. The van der Waals surface area contributed by atoms with Crippen molar-refractivity contribution in [1.29, 1.82) is 0 Å². The van der Waals surface area contributed by atoms with Crippen LogP contribution in [-0.4, -0.2) is 67.7 Å². The molecular weight excluding hydrogens is 608 g/mol. The molecule has 3 fully saturated rings. The summed E-state index contributed by atoms with van der Waals surface area (Å²) in [6.07, 6.45) is 11.2. The Bertz CT molecular complexity index is 1570. The summed E-state index contributed by atoms with van der Waals surface area (Å²) in [6.45, 7) is 8.66. The van der Waals surface area contributed by atoms with Crippen molar-refractivity contribution in [2.24, 2.45) is 0 Å². The second kappa shape index (κ2) is 14.2. The molecule has 11 heteroatoms. The van der Waals surface area contributed by atoms with Gasteiger partial charge in [0.15, 0.2) is 5.82 Å². The second-order valence-electron chi connectivity index (χ2n) is 12.8. The molecule has 2 N–H and O–H groups in total. The highest BCUT2D eigenvalue weighted by molar-refractivity contribution is 7.89. The molecule has 242 valence electrons. The van der Waals surface area contributed by atoms with Crippen LogP contribution >= 0.6 is 11.6 Å². The first-order valence-electron chi connectivity index (χ1n) is 16.4. The van der Waals surface area contributed by atoms with Crippen LogP contribution in [0.1, 0.15) is 76.6 Å². The van der Waals surface area contributed by atoms with Crippen LogP contribution in [0.2, 0.25) is 5.02 Å². The molecule has 0 radical (unpaired) electrons. The van der Waals surface area contributed by atoms with E-state index in [0.717, 1.165) is 43.7 Å². The quantitative estimate of drug-likeness (QED) is 0.241. The zero-order valence-electron chi connectivity index (χ0n) is 26.3. The topological polar surface area (TPSA) is 99.7 Å². The molecule has 45 heavy (non-hydrogen) atoms. The van der Waals surface area contributed by atoms with Crippen molar-refractivity contribution >= 4 is 38.8 Å². The van der Waals surface area contributed by atoms with E-state index >= 15 is 0 Å². The van der Waals surface area contributed by atoms with E-state index in [0.29, 0.717) is 34.8 Å². The first kappa shape index (κ1) is 32.0. The van der Waals surface area contributed by atoms with Crippen molar-refractivity contribution in [3.05, 3.63) is 65.1 Å². The van der Waals surface area contributed by atoms with E-state index in [1.54, 1.807) is 30.5 Å². The van der Waals surface area contributed by atoms with Crippen molar-refractivity contribution in [3.8, 4) is 5.75 Å². The Morgan fingerprint density at radius 1 is 0.978 bits per heavy atom. The summed E-state index contributed by atoms with van der Waals surface area (Å²) in [6, 6.07) is 13.9. The Morgan fingerprint density at radius 3 is 2.44 bits per heavy atom. The normalized spacial score (nSPS) is 18.6. The van der Waals surface area contributed by atoms with Crippen LogP contribution in [0.5, 0.6) is 5.75 Å². The molecular formula is C34H45ClN6O3S. The van der Waals surface area contributed by atoms with Gasteiger partial charge in [0.05, 0.1) is 18.0 Å². The Balaban J connectivity index is 1.18. The van der Waals surface area contributed by atoms with Gasteiger partial charge in [-0.2, -0.15) is 0 Å². The molecule has 3 heterocycles. The number of nitrogens with zero attached hydrogens (tertiary/aromatic N) is 4. The molecule has 2 saturated heterocycles. The number of para-hydroxylation sites is 1. The summed E-state index contributed by atoms with van der Waals surface area (Å²) in [5, 5.41) is 3.47. The van der Waals surface area contributed by atoms with E-state index in [1.165, 1.54) is 50.9 Å². The molecule has 9 nitrogen and oxygen atoms in total. The van der Waals surface area contributed by atoms with Crippen LogP contribution in [0.25, 0.3) is 0 Å². The van der Waals surface area contributed by atoms with Crippen LogP contribution in [0, 0.1) is 0 Å².